The molecule has 0 amide bonds. The van der Waals surface area contributed by atoms with E-state index in [1.807, 2.05) is 13.0 Å². The fourth-order valence-electron chi connectivity index (χ4n) is 2.23. The van der Waals surface area contributed by atoms with Gasteiger partial charge >= 0.3 is 5.97 Å². The van der Waals surface area contributed by atoms with E-state index in [9.17, 15) is 4.79 Å². The van der Waals surface area contributed by atoms with Gasteiger partial charge in [-0.1, -0.05) is 19.9 Å². The number of rotatable bonds is 0. The number of ether oxygens (including phenoxy) is 1. The molecule has 1 atom stereocenters. The molecule has 0 aromatic heterocycles. The van der Waals surface area contributed by atoms with Crippen molar-refractivity contribution < 1.29 is 9.53 Å². The predicted octanol–water partition coefficient (Wildman–Crippen LogP) is 2.21. The average Bonchev–Trinajstić information content (AvgIpc) is 2.25. The molecule has 2 heteroatoms. The Kier molecular flexibility index (Phi) is 1.48. The predicted molar refractivity (Wildman–Crippen MR) is 50.1 cm³/mol. The summed E-state index contributed by atoms with van der Waals surface area (Å²) in [7, 11) is 0. The average molecular weight is 178 g/mol. The van der Waals surface area contributed by atoms with E-state index in [1.165, 1.54) is 0 Å². The van der Waals surface area contributed by atoms with E-state index in [1.54, 1.807) is 6.08 Å². The maximum absolute atomic E-state index is 11.2. The lowest BCUT2D eigenvalue weighted by Gasteiger charge is -2.37. The van der Waals surface area contributed by atoms with Crippen LogP contribution in [0.15, 0.2) is 23.8 Å². The van der Waals surface area contributed by atoms with Crippen LogP contribution in [0.5, 0.6) is 0 Å². The Bertz CT molecular complexity index is 323. The van der Waals surface area contributed by atoms with Gasteiger partial charge in [0, 0.05) is 6.08 Å². The molecule has 1 aliphatic heterocycles. The third-order valence-corrected chi connectivity index (χ3v) is 2.90. The van der Waals surface area contributed by atoms with Gasteiger partial charge in [-0.05, 0) is 30.4 Å². The van der Waals surface area contributed by atoms with E-state index in [0.29, 0.717) is 0 Å². The topological polar surface area (TPSA) is 26.3 Å². The lowest BCUT2D eigenvalue weighted by atomic mass is 9.70. The molecule has 2 nitrogen and oxygen atoms in total. The summed E-state index contributed by atoms with van der Waals surface area (Å²) in [6.07, 6.45) is 6.69. The Labute approximate surface area is 78.3 Å². The molecule has 2 rings (SSSR count). The van der Waals surface area contributed by atoms with Crippen LogP contribution in [0.1, 0.15) is 27.2 Å². The molecule has 0 saturated carbocycles. The second-order valence-corrected chi connectivity index (χ2v) is 4.58. The molecule has 0 bridgehead atoms. The molecule has 0 aromatic carbocycles. The summed E-state index contributed by atoms with van der Waals surface area (Å²) >= 11 is 0. The quantitative estimate of drug-likeness (QED) is 0.420. The zero-order valence-electron chi connectivity index (χ0n) is 8.26. The highest BCUT2D eigenvalue weighted by molar-refractivity contribution is 5.87. The molecule has 0 saturated heterocycles. The maximum Gasteiger partial charge on any atom is 0.332 e. The molecule has 1 heterocycles. The minimum Gasteiger partial charge on any atom is -0.447 e. The van der Waals surface area contributed by atoms with Gasteiger partial charge in [0.15, 0.2) is 0 Å². The lowest BCUT2D eigenvalue weighted by molar-refractivity contribution is -0.142. The normalized spacial score (nSPS) is 35.3. The third-order valence-electron chi connectivity index (χ3n) is 2.90. The maximum atomic E-state index is 11.2. The third kappa shape index (κ3) is 1.12. The van der Waals surface area contributed by atoms with Crippen LogP contribution in [0.25, 0.3) is 0 Å². The van der Waals surface area contributed by atoms with Gasteiger partial charge in [0.2, 0.25) is 0 Å². The first-order valence-corrected chi connectivity index (χ1v) is 4.57. The molecule has 0 radical (unpaired) electrons. The first-order chi connectivity index (χ1) is 5.94. The van der Waals surface area contributed by atoms with Crippen LogP contribution in [0.4, 0.5) is 0 Å². The fourth-order valence-corrected chi connectivity index (χ4v) is 2.23. The summed E-state index contributed by atoms with van der Waals surface area (Å²) in [5, 5.41) is 0. The van der Waals surface area contributed by atoms with E-state index < -0.39 is 5.60 Å². The highest BCUT2D eigenvalue weighted by Crippen LogP contribution is 2.46. The Morgan fingerprint density at radius 2 is 2.08 bits per heavy atom. The SMILES string of the molecule is CC1(C)CC=C[C@]2(C)OC(=O)C=C12. The van der Waals surface area contributed by atoms with Crippen LogP contribution >= 0.6 is 0 Å². The van der Waals surface area contributed by atoms with Gasteiger partial charge in [0.1, 0.15) is 5.60 Å². The van der Waals surface area contributed by atoms with Crippen molar-refractivity contribution in [2.24, 2.45) is 5.41 Å². The van der Waals surface area contributed by atoms with Gasteiger partial charge in [-0.15, -0.1) is 0 Å². The Balaban J connectivity index is 2.52. The van der Waals surface area contributed by atoms with Gasteiger partial charge in [0.25, 0.3) is 0 Å². The first kappa shape index (κ1) is 8.54. The summed E-state index contributed by atoms with van der Waals surface area (Å²) in [6.45, 7) is 6.23. The first-order valence-electron chi connectivity index (χ1n) is 4.57. The number of carbonyl (C=O) groups is 1. The van der Waals surface area contributed by atoms with Crippen molar-refractivity contribution >= 4 is 5.97 Å². The molecule has 2 aliphatic rings. The second-order valence-electron chi connectivity index (χ2n) is 4.58. The Morgan fingerprint density at radius 3 is 2.69 bits per heavy atom. The Hall–Kier alpha value is -1.05. The second kappa shape index (κ2) is 2.25. The number of esters is 1. The van der Waals surface area contributed by atoms with Crippen LogP contribution in [0, 0.1) is 5.41 Å². The van der Waals surface area contributed by atoms with Crippen LogP contribution < -0.4 is 0 Å². The molecule has 0 unspecified atom stereocenters. The summed E-state index contributed by atoms with van der Waals surface area (Å²) < 4.78 is 5.27. The molecule has 70 valence electrons. The van der Waals surface area contributed by atoms with Crippen LogP contribution in [-0.2, 0) is 9.53 Å². The van der Waals surface area contributed by atoms with Crippen molar-refractivity contribution in [2.45, 2.75) is 32.8 Å². The number of hydrogen-bond acceptors (Lipinski definition) is 2. The number of allylic oxidation sites excluding steroid dienone is 1. The minimum absolute atomic E-state index is 0.0513. The van der Waals surface area contributed by atoms with Crippen molar-refractivity contribution in [2.75, 3.05) is 0 Å². The zero-order valence-corrected chi connectivity index (χ0v) is 8.26. The summed E-state index contributed by atoms with van der Waals surface area (Å²) in [5.41, 5.74) is 0.682. The molecular weight excluding hydrogens is 164 g/mol. The van der Waals surface area contributed by atoms with Gasteiger partial charge in [-0.2, -0.15) is 0 Å². The molecule has 0 spiro atoms. The summed E-state index contributed by atoms with van der Waals surface area (Å²) in [4.78, 5) is 11.2. The van der Waals surface area contributed by atoms with Crippen molar-refractivity contribution in [3.05, 3.63) is 23.8 Å². The summed E-state index contributed by atoms with van der Waals surface area (Å²) in [6, 6.07) is 0. The smallest absolute Gasteiger partial charge is 0.332 e. The van der Waals surface area contributed by atoms with Gasteiger partial charge in [-0.25, -0.2) is 4.79 Å². The van der Waals surface area contributed by atoms with Crippen molar-refractivity contribution in [1.82, 2.24) is 0 Å². The minimum atomic E-state index is -0.473. The van der Waals surface area contributed by atoms with Gasteiger partial charge < -0.3 is 4.74 Å². The highest BCUT2D eigenvalue weighted by atomic mass is 16.6. The molecule has 13 heavy (non-hydrogen) atoms. The monoisotopic (exact) mass is 178 g/mol. The molecule has 1 aliphatic carbocycles. The highest BCUT2D eigenvalue weighted by Gasteiger charge is 2.45. The fraction of sp³-hybridized carbons (Fsp3) is 0.545. The zero-order chi connectivity index (χ0) is 9.69. The van der Waals surface area contributed by atoms with E-state index >= 15 is 0 Å². The van der Waals surface area contributed by atoms with E-state index in [0.717, 1.165) is 12.0 Å². The standard InChI is InChI=1S/C11H14O2/c1-10(2)5-4-6-11(3)8(10)7-9(12)13-11/h4,6-7H,5H2,1-3H3/t11-/m0/s1. The van der Waals surface area contributed by atoms with Gasteiger partial charge in [-0.3, -0.25) is 0 Å². The van der Waals surface area contributed by atoms with Crippen molar-refractivity contribution in [3.8, 4) is 0 Å². The van der Waals surface area contributed by atoms with Crippen LogP contribution in [0.2, 0.25) is 0 Å². The van der Waals surface area contributed by atoms with Crippen molar-refractivity contribution in [1.29, 1.82) is 0 Å². The number of hydrogen-bond donors (Lipinski definition) is 0. The van der Waals surface area contributed by atoms with Crippen molar-refractivity contribution in [3.63, 3.8) is 0 Å². The molecule has 0 fully saturated rings. The molecular formula is C11H14O2. The number of fused-ring (bicyclic) bond motifs is 1. The summed E-state index contributed by atoms with van der Waals surface area (Å²) in [5.74, 6) is -0.211. The largest absolute Gasteiger partial charge is 0.447 e. The molecule has 0 N–H and O–H groups in total. The number of carbonyl (C=O) groups excluding carboxylic acids is 1. The van der Waals surface area contributed by atoms with Gasteiger partial charge in [0.05, 0.1) is 0 Å². The van der Waals surface area contributed by atoms with Crippen LogP contribution in [0.3, 0.4) is 0 Å². The van der Waals surface area contributed by atoms with E-state index in [4.69, 9.17) is 4.74 Å². The van der Waals surface area contributed by atoms with E-state index in [-0.39, 0.29) is 11.4 Å². The Morgan fingerprint density at radius 1 is 1.38 bits per heavy atom. The molecule has 0 aromatic rings. The van der Waals surface area contributed by atoms with Crippen LogP contribution in [-0.4, -0.2) is 11.6 Å². The van der Waals surface area contributed by atoms with E-state index in [2.05, 4.69) is 19.9 Å². The lowest BCUT2D eigenvalue weighted by Crippen LogP contribution is -2.35.